The Hall–Kier alpha value is -1.95. The minimum atomic E-state index is -1.91. The molecule has 0 rings (SSSR count). The fourth-order valence-electron chi connectivity index (χ4n) is 0.577. The molecule has 0 aliphatic heterocycles. The first-order valence-corrected chi connectivity index (χ1v) is 6.35. The minimum absolute atomic E-state index is 0.421. The molecule has 0 aliphatic rings. The number of carbonyl (C=O) groups is 4. The molecule has 2 unspecified atom stereocenters. The van der Waals surface area contributed by atoms with Gasteiger partial charge in [-0.25, -0.2) is 0 Å². The van der Waals surface area contributed by atoms with Crippen LogP contribution < -0.4 is 11.5 Å². The summed E-state index contributed by atoms with van der Waals surface area (Å²) in [5.74, 6) is -4.18. The molecule has 0 heterocycles. The van der Waals surface area contributed by atoms with Crippen LogP contribution in [0.25, 0.3) is 11.5 Å². The second kappa shape index (κ2) is 14.5. The second-order valence-corrected chi connectivity index (χ2v) is 3.50. The Kier molecular flexibility index (Phi) is 16.6. The number of nitrogens with one attached hydrogen (secondary N) is 2. The first-order valence-electron chi connectivity index (χ1n) is 4.83. The average Bonchev–Trinajstić information content (AvgIpc) is 2.28. The summed E-state index contributed by atoms with van der Waals surface area (Å²) in [6.07, 6.45) is -0.843. The molecular weight excluding hydrogens is 379 g/mol. The molecule has 0 radical (unpaired) electrons. The van der Waals surface area contributed by atoms with E-state index in [9.17, 15) is 19.2 Å². The molecule has 8 N–H and O–H groups in total. The molecule has 0 bridgehead atoms. The van der Waals surface area contributed by atoms with Crippen molar-refractivity contribution in [2.45, 2.75) is 24.9 Å². The molecule has 0 aromatic carbocycles. The Labute approximate surface area is 126 Å². The van der Waals surface area contributed by atoms with E-state index in [0.29, 0.717) is 0 Å². The van der Waals surface area contributed by atoms with Crippen molar-refractivity contribution in [3.63, 3.8) is 0 Å². The number of carbonyl (C=O) groups excluding carboxylic acids is 2. The van der Waals surface area contributed by atoms with E-state index in [1.165, 1.54) is 0 Å². The van der Waals surface area contributed by atoms with Gasteiger partial charge in [0.25, 0.3) is 11.9 Å². The number of carboxylic acid groups (broad SMARTS) is 2. The third kappa shape index (κ3) is 23.6. The van der Waals surface area contributed by atoms with Crippen molar-refractivity contribution in [1.29, 1.82) is 0 Å². The number of hydrogen-bond donors (Lipinski definition) is 4. The Bertz CT molecular complexity index is 377. The molecule has 120 valence electrons. The van der Waals surface area contributed by atoms with Gasteiger partial charge in [-0.15, -0.1) is 0 Å². The summed E-state index contributed by atoms with van der Waals surface area (Å²) in [4.78, 5) is 39.6. The van der Waals surface area contributed by atoms with E-state index < -0.39 is 66.3 Å². The molecule has 0 saturated carbocycles. The van der Waals surface area contributed by atoms with Crippen LogP contribution in [0.4, 0.5) is 0 Å². The fourth-order valence-corrected chi connectivity index (χ4v) is 0.577. The monoisotopic (exact) mass is 393 g/mol. The summed E-state index contributed by atoms with van der Waals surface area (Å²) in [5.41, 5.74) is 22.5. The van der Waals surface area contributed by atoms with E-state index >= 15 is 0 Å². The van der Waals surface area contributed by atoms with Crippen molar-refractivity contribution in [3.8, 4) is 0 Å². The van der Waals surface area contributed by atoms with Crippen LogP contribution in [0, 0.1) is 0 Å². The molecule has 2 amide bonds. The van der Waals surface area contributed by atoms with E-state index in [2.05, 4.69) is 11.5 Å². The van der Waals surface area contributed by atoms with E-state index in [1.807, 2.05) is 0 Å². The predicted octanol–water partition coefficient (Wildman–Crippen LogP) is -1.51. The van der Waals surface area contributed by atoms with Crippen molar-refractivity contribution in [2.75, 3.05) is 0 Å². The summed E-state index contributed by atoms with van der Waals surface area (Å²) in [6, 6.07) is -2.83. The Balaban J connectivity index is -0.000000260. The van der Waals surface area contributed by atoms with Crippen molar-refractivity contribution in [2.24, 2.45) is 11.5 Å². The zero-order valence-corrected chi connectivity index (χ0v) is 12.3. The first kappa shape index (κ1) is 24.1. The number of amides is 2. The predicted molar refractivity (Wildman–Crippen MR) is 60.5 cm³/mol. The first-order chi connectivity index (χ1) is 9.49. The topological polar surface area (TPSA) is 243 Å². The van der Waals surface area contributed by atoms with Gasteiger partial charge >= 0.3 is 24.6 Å². The van der Waals surface area contributed by atoms with Gasteiger partial charge in [-0.1, -0.05) is 0 Å². The van der Waals surface area contributed by atoms with Crippen LogP contribution in [0.1, 0.15) is 12.8 Å². The molecule has 13 heteroatoms. The van der Waals surface area contributed by atoms with E-state index in [4.69, 9.17) is 28.7 Å². The van der Waals surface area contributed by atoms with Crippen molar-refractivity contribution in [3.05, 3.63) is 11.5 Å². The van der Waals surface area contributed by atoms with Gasteiger partial charge in [-0.05, 0) is 12.1 Å². The van der Waals surface area contributed by atoms with Crippen LogP contribution in [0.15, 0.2) is 0 Å². The maximum atomic E-state index is 9.95. The van der Waals surface area contributed by atoms with Gasteiger partial charge in [-0.3, -0.25) is 19.2 Å². The summed E-state index contributed by atoms with van der Waals surface area (Å²) in [6.45, 7) is 0. The van der Waals surface area contributed by atoms with E-state index in [0.717, 1.165) is 0 Å². The van der Waals surface area contributed by atoms with Crippen LogP contribution in [-0.4, -0.2) is 46.0 Å². The number of primary amides is 2. The van der Waals surface area contributed by atoms with Crippen molar-refractivity contribution < 1.29 is 54.0 Å². The van der Waals surface area contributed by atoms with Gasteiger partial charge < -0.3 is 33.1 Å². The number of aliphatic carboxylic acids is 2. The molecule has 0 aliphatic carbocycles. The number of hydrogen-bond acceptors (Lipinski definition) is 6. The van der Waals surface area contributed by atoms with Crippen LogP contribution >= 0.6 is 0 Å². The second-order valence-electron chi connectivity index (χ2n) is 3.19. The van der Waals surface area contributed by atoms with Crippen LogP contribution in [0.5, 0.6) is 0 Å². The van der Waals surface area contributed by atoms with Gasteiger partial charge in [0.2, 0.25) is 11.8 Å². The average molecular weight is 393 g/mol. The van der Waals surface area contributed by atoms with Crippen molar-refractivity contribution in [1.82, 2.24) is 0 Å². The van der Waals surface area contributed by atoms with Crippen LogP contribution in [-0.2, 0) is 43.8 Å². The molecule has 2 atom stereocenters. The van der Waals surface area contributed by atoms with E-state index in [-0.39, 0.29) is 0 Å². The molecule has 0 aromatic rings. The SMILES string of the molecule is [NH-]C(CC(N)=O)C(=O)O.[NH-]C(CC(N)=O)C(=O)O.[O]=[99Tc+3]=[O]. The van der Waals surface area contributed by atoms with Gasteiger partial charge in [0.15, 0.2) is 0 Å². The van der Waals surface area contributed by atoms with Gasteiger partial charge in [0.05, 0.1) is 0 Å². The number of nitrogens with two attached hydrogens (primary N) is 2. The Morgan fingerprint density at radius 3 is 1.10 bits per heavy atom. The van der Waals surface area contributed by atoms with Gasteiger partial charge in [0.1, 0.15) is 0 Å². The zero-order chi connectivity index (χ0) is 17.6. The Morgan fingerprint density at radius 2 is 1.05 bits per heavy atom. The maximum absolute atomic E-state index is 9.95. The molecule has 21 heavy (non-hydrogen) atoms. The number of rotatable bonds is 6. The molecular formula is C8H14N4O8Tc+. The third-order valence-electron chi connectivity index (χ3n) is 1.41. The molecule has 0 fully saturated rings. The number of carboxylic acids is 2. The normalized spacial score (nSPS) is 11.1. The summed E-state index contributed by atoms with van der Waals surface area (Å²) in [5, 5.41) is 16.1. The Morgan fingerprint density at radius 1 is 0.857 bits per heavy atom. The van der Waals surface area contributed by atoms with E-state index in [1.54, 1.807) is 0 Å². The van der Waals surface area contributed by atoms with Crippen LogP contribution in [0.2, 0.25) is 0 Å². The van der Waals surface area contributed by atoms with Gasteiger partial charge in [-0.2, -0.15) is 0 Å². The zero-order valence-electron chi connectivity index (χ0n) is 10.4. The van der Waals surface area contributed by atoms with Crippen molar-refractivity contribution >= 4 is 23.8 Å². The fraction of sp³-hybridized carbons (Fsp3) is 0.500. The standard InChI is InChI=1S/2C4H7N2O3.2O.Tc/c2*5-2(4(8)9)1-3(6)7;;;/h2*2,5H,1H2,(H2,6,7)(H,8,9);;;/q2*-1;;;+3/i;;;;1+1. The summed E-state index contributed by atoms with van der Waals surface area (Å²) >= 11 is -1.91. The third-order valence-corrected chi connectivity index (χ3v) is 1.41. The molecule has 12 nitrogen and oxygen atoms in total. The molecule has 0 saturated heterocycles. The summed E-state index contributed by atoms with van der Waals surface area (Å²) in [7, 11) is 0. The molecule has 0 spiro atoms. The summed E-state index contributed by atoms with van der Waals surface area (Å²) < 4.78 is 17.0. The van der Waals surface area contributed by atoms with Crippen LogP contribution in [0.3, 0.4) is 0 Å². The quantitative estimate of drug-likeness (QED) is 0.412. The molecule has 0 aromatic heterocycles. The van der Waals surface area contributed by atoms with Gasteiger partial charge in [0, 0.05) is 12.8 Å².